The molecule has 0 aromatic carbocycles. The van der Waals surface area contributed by atoms with Gasteiger partial charge in [-0.25, -0.2) is 13.4 Å². The number of aromatic nitrogens is 2. The highest BCUT2D eigenvalue weighted by molar-refractivity contribution is 7.91. The molecule has 17 heavy (non-hydrogen) atoms. The normalized spacial score (nSPS) is 22.9. The summed E-state index contributed by atoms with van der Waals surface area (Å²) < 4.78 is 24.5. The summed E-state index contributed by atoms with van der Waals surface area (Å²) in [4.78, 5) is 3.98. The van der Waals surface area contributed by atoms with Gasteiger partial charge in [-0.3, -0.25) is 0 Å². The van der Waals surface area contributed by atoms with Crippen molar-refractivity contribution in [2.24, 2.45) is 5.92 Å². The molecule has 6 heteroatoms. The van der Waals surface area contributed by atoms with Crippen molar-refractivity contribution in [1.29, 1.82) is 0 Å². The first-order chi connectivity index (χ1) is 8.16. The highest BCUT2D eigenvalue weighted by Crippen LogP contribution is 2.17. The van der Waals surface area contributed by atoms with E-state index in [1.807, 2.05) is 17.1 Å². The van der Waals surface area contributed by atoms with E-state index in [1.54, 1.807) is 6.20 Å². The average Bonchev–Trinajstić information content (AvgIpc) is 2.88. The molecule has 1 saturated heterocycles. The number of aryl methyl sites for hydroxylation is 1. The minimum atomic E-state index is -2.73. The van der Waals surface area contributed by atoms with Crippen LogP contribution in [0.5, 0.6) is 0 Å². The van der Waals surface area contributed by atoms with Crippen LogP contribution in [0.25, 0.3) is 0 Å². The lowest BCUT2D eigenvalue weighted by molar-refractivity contribution is 0.501. The Hall–Kier alpha value is -0.880. The predicted octanol–water partition coefficient (Wildman–Crippen LogP) is 0.297. The fourth-order valence-corrected chi connectivity index (χ4v) is 4.01. The number of imidazole rings is 1. The summed E-state index contributed by atoms with van der Waals surface area (Å²) in [6.07, 6.45) is 7.39. The van der Waals surface area contributed by atoms with E-state index in [-0.39, 0.29) is 0 Å². The van der Waals surface area contributed by atoms with Crippen LogP contribution in [0.1, 0.15) is 12.8 Å². The molecule has 0 aliphatic carbocycles. The lowest BCUT2D eigenvalue weighted by Gasteiger charge is -2.09. The first-order valence-corrected chi connectivity index (χ1v) is 7.85. The number of hydrogen-bond donors (Lipinski definition) is 1. The summed E-state index contributed by atoms with van der Waals surface area (Å²) in [5.74, 6) is 1.05. The van der Waals surface area contributed by atoms with Gasteiger partial charge in [-0.2, -0.15) is 0 Å². The maximum atomic E-state index is 11.2. The highest BCUT2D eigenvalue weighted by atomic mass is 32.2. The van der Waals surface area contributed by atoms with E-state index in [9.17, 15) is 8.42 Å². The average molecular weight is 257 g/mol. The van der Waals surface area contributed by atoms with Crippen LogP contribution >= 0.6 is 0 Å². The van der Waals surface area contributed by atoms with Crippen molar-refractivity contribution in [2.75, 3.05) is 24.6 Å². The number of hydrogen-bond acceptors (Lipinski definition) is 4. The molecule has 96 valence electrons. The smallest absolute Gasteiger partial charge is 0.150 e. The second-order valence-corrected chi connectivity index (χ2v) is 6.86. The van der Waals surface area contributed by atoms with Gasteiger partial charge in [0.25, 0.3) is 0 Å². The third kappa shape index (κ3) is 4.12. The highest BCUT2D eigenvalue weighted by Gasteiger charge is 2.27. The first-order valence-electron chi connectivity index (χ1n) is 6.02. The minimum absolute atomic E-state index is 0.313. The van der Waals surface area contributed by atoms with Gasteiger partial charge in [0.2, 0.25) is 0 Å². The summed E-state index contributed by atoms with van der Waals surface area (Å²) in [5, 5.41) is 3.33. The van der Waals surface area contributed by atoms with Gasteiger partial charge in [0.15, 0.2) is 9.84 Å². The fraction of sp³-hybridized carbons (Fsp3) is 0.727. The molecule has 0 amide bonds. The van der Waals surface area contributed by atoms with E-state index < -0.39 is 9.84 Å². The molecule has 1 N–H and O–H groups in total. The molecule has 1 aromatic rings. The number of sulfone groups is 1. The quantitative estimate of drug-likeness (QED) is 0.744. The standard InChI is InChI=1S/C11H19N3O2S/c15-17(16)7-2-11(9-17)8-12-3-1-5-14-6-4-13-10-14/h4,6,10-12H,1-3,5,7-9H2. The van der Waals surface area contributed by atoms with Crippen molar-refractivity contribution < 1.29 is 8.42 Å². The van der Waals surface area contributed by atoms with Crippen LogP contribution in [0, 0.1) is 5.92 Å². The summed E-state index contributed by atoms with van der Waals surface area (Å²) in [6.45, 7) is 2.70. The third-order valence-corrected chi connectivity index (χ3v) is 4.93. The Balaban J connectivity index is 1.55. The topological polar surface area (TPSA) is 64.0 Å². The van der Waals surface area contributed by atoms with Gasteiger partial charge >= 0.3 is 0 Å². The molecule has 1 fully saturated rings. The Morgan fingerprint density at radius 3 is 3.00 bits per heavy atom. The lowest BCUT2D eigenvalue weighted by atomic mass is 10.1. The molecule has 0 bridgehead atoms. The molecule has 2 heterocycles. The predicted molar refractivity (Wildman–Crippen MR) is 66.5 cm³/mol. The SMILES string of the molecule is O=S1(=O)CCC(CNCCCn2ccnc2)C1. The number of nitrogens with one attached hydrogen (secondary N) is 1. The Kier molecular flexibility index (Phi) is 4.17. The van der Waals surface area contributed by atoms with Crippen LogP contribution < -0.4 is 5.32 Å². The van der Waals surface area contributed by atoms with Crippen LogP contribution in [-0.4, -0.2) is 42.6 Å². The van der Waals surface area contributed by atoms with Crippen LogP contribution in [0.4, 0.5) is 0 Å². The fourth-order valence-electron chi connectivity index (χ4n) is 2.14. The maximum absolute atomic E-state index is 11.2. The molecule has 0 spiro atoms. The third-order valence-electron chi connectivity index (χ3n) is 3.09. The van der Waals surface area contributed by atoms with Crippen molar-refractivity contribution in [3.05, 3.63) is 18.7 Å². The zero-order valence-corrected chi connectivity index (χ0v) is 10.7. The molecular weight excluding hydrogens is 238 g/mol. The zero-order valence-electron chi connectivity index (χ0n) is 9.88. The number of rotatable bonds is 6. The van der Waals surface area contributed by atoms with Crippen LogP contribution in [0.15, 0.2) is 18.7 Å². The van der Waals surface area contributed by atoms with Gasteiger partial charge in [0.1, 0.15) is 0 Å². The molecule has 1 aromatic heterocycles. The molecule has 2 rings (SSSR count). The van der Waals surface area contributed by atoms with Crippen molar-refractivity contribution in [3.8, 4) is 0 Å². The van der Waals surface area contributed by atoms with E-state index >= 15 is 0 Å². The van der Waals surface area contributed by atoms with E-state index in [4.69, 9.17) is 0 Å². The minimum Gasteiger partial charge on any atom is -0.337 e. The van der Waals surface area contributed by atoms with Crippen LogP contribution in [-0.2, 0) is 16.4 Å². The number of nitrogens with zero attached hydrogens (tertiary/aromatic N) is 2. The zero-order chi connectivity index (χ0) is 12.1. The molecule has 1 unspecified atom stereocenters. The lowest BCUT2D eigenvalue weighted by Crippen LogP contribution is -2.25. The van der Waals surface area contributed by atoms with Gasteiger partial charge in [-0.1, -0.05) is 0 Å². The van der Waals surface area contributed by atoms with E-state index in [1.165, 1.54) is 0 Å². The molecular formula is C11H19N3O2S. The monoisotopic (exact) mass is 257 g/mol. The second kappa shape index (κ2) is 5.64. The van der Waals surface area contributed by atoms with Gasteiger partial charge in [0, 0.05) is 18.9 Å². The van der Waals surface area contributed by atoms with Gasteiger partial charge in [-0.15, -0.1) is 0 Å². The second-order valence-electron chi connectivity index (χ2n) is 4.63. The summed E-state index contributed by atoms with van der Waals surface area (Å²) >= 11 is 0. The maximum Gasteiger partial charge on any atom is 0.150 e. The van der Waals surface area contributed by atoms with Crippen molar-refractivity contribution >= 4 is 9.84 Å². The summed E-state index contributed by atoms with van der Waals surface area (Å²) in [6, 6.07) is 0. The first kappa shape index (κ1) is 12.6. The van der Waals surface area contributed by atoms with Gasteiger partial charge in [0.05, 0.1) is 17.8 Å². The van der Waals surface area contributed by atoms with E-state index in [0.717, 1.165) is 32.5 Å². The molecule has 0 radical (unpaired) electrons. The molecule has 5 nitrogen and oxygen atoms in total. The van der Waals surface area contributed by atoms with Crippen molar-refractivity contribution in [2.45, 2.75) is 19.4 Å². The Bertz CT molecular complexity index is 428. The van der Waals surface area contributed by atoms with Crippen LogP contribution in [0.3, 0.4) is 0 Å². The van der Waals surface area contributed by atoms with Crippen LogP contribution in [0.2, 0.25) is 0 Å². The molecule has 1 atom stereocenters. The van der Waals surface area contributed by atoms with E-state index in [0.29, 0.717) is 17.4 Å². The van der Waals surface area contributed by atoms with E-state index in [2.05, 4.69) is 10.3 Å². The van der Waals surface area contributed by atoms with Gasteiger partial charge < -0.3 is 9.88 Å². The molecule has 0 saturated carbocycles. The summed E-state index contributed by atoms with van der Waals surface area (Å²) in [7, 11) is -2.73. The Labute approximate surface area is 102 Å². The summed E-state index contributed by atoms with van der Waals surface area (Å²) in [5.41, 5.74) is 0. The van der Waals surface area contributed by atoms with Gasteiger partial charge in [-0.05, 0) is 31.8 Å². The molecule has 1 aliphatic heterocycles. The largest absolute Gasteiger partial charge is 0.337 e. The Morgan fingerprint density at radius 1 is 1.47 bits per heavy atom. The Morgan fingerprint density at radius 2 is 2.35 bits per heavy atom. The van der Waals surface area contributed by atoms with Crippen molar-refractivity contribution in [1.82, 2.24) is 14.9 Å². The van der Waals surface area contributed by atoms with Crippen molar-refractivity contribution in [3.63, 3.8) is 0 Å². The molecule has 1 aliphatic rings.